The van der Waals surface area contributed by atoms with Crippen molar-refractivity contribution < 1.29 is 18.7 Å². The van der Waals surface area contributed by atoms with Gasteiger partial charge in [0, 0.05) is 0 Å². The molecule has 0 spiro atoms. The Labute approximate surface area is 239 Å². The molecule has 0 radical (unpaired) electrons. The number of carbonyl (C=O) groups is 2. The van der Waals surface area contributed by atoms with E-state index in [1.54, 1.807) is 18.2 Å². The average Bonchev–Trinajstić information content (AvgIpc) is 2.87. The summed E-state index contributed by atoms with van der Waals surface area (Å²) in [5.74, 6) is -1.34. The highest BCUT2D eigenvalue weighted by Crippen LogP contribution is 2.34. The molecule has 4 aromatic carbocycles. The maximum atomic E-state index is 14.4. The van der Waals surface area contributed by atoms with Crippen molar-refractivity contribution in [2.45, 2.75) is 6.61 Å². The second-order valence-corrected chi connectivity index (χ2v) is 10.6. The maximum Gasteiger partial charge on any atom is 0.270 e. The average molecular weight is 687 g/mol. The number of hydrogen-bond donors (Lipinski definition) is 1. The van der Waals surface area contributed by atoms with E-state index in [0.29, 0.717) is 22.4 Å². The van der Waals surface area contributed by atoms with Crippen LogP contribution < -0.4 is 15.0 Å². The Kier molecular flexibility index (Phi) is 7.36. The third kappa shape index (κ3) is 5.29. The summed E-state index contributed by atoms with van der Waals surface area (Å²) in [5, 5.41) is 4.60. The van der Waals surface area contributed by atoms with E-state index in [0.717, 1.165) is 24.8 Å². The van der Waals surface area contributed by atoms with Gasteiger partial charge in [-0.15, -0.1) is 0 Å². The third-order valence-corrected chi connectivity index (χ3v) is 7.40. The van der Waals surface area contributed by atoms with Gasteiger partial charge in [0.25, 0.3) is 11.8 Å². The number of nitrogens with zero attached hydrogens (tertiary/aromatic N) is 1. The van der Waals surface area contributed by atoms with Crippen LogP contribution in [0.2, 0.25) is 0 Å². The number of fused-ring (bicyclic) bond motifs is 1. The minimum Gasteiger partial charge on any atom is -0.487 e. The van der Waals surface area contributed by atoms with Crippen LogP contribution in [0.15, 0.2) is 88.9 Å². The zero-order valence-corrected chi connectivity index (χ0v) is 23.6. The molecule has 2 amide bonds. The minimum atomic E-state index is -0.707. The predicted octanol–water partition coefficient (Wildman–Crippen LogP) is 6.76. The summed E-state index contributed by atoms with van der Waals surface area (Å²) >= 11 is 10.8. The molecule has 0 aromatic heterocycles. The van der Waals surface area contributed by atoms with Gasteiger partial charge in [-0.3, -0.25) is 14.9 Å². The fourth-order valence-corrected chi connectivity index (χ4v) is 6.00. The van der Waals surface area contributed by atoms with Crippen molar-refractivity contribution in [3.05, 3.63) is 109 Å². The molecule has 1 heterocycles. The van der Waals surface area contributed by atoms with Gasteiger partial charge in [0.15, 0.2) is 5.11 Å². The fourth-order valence-electron chi connectivity index (χ4n) is 3.96. The monoisotopic (exact) mass is 686 g/mol. The molecule has 5 rings (SSSR count). The van der Waals surface area contributed by atoms with Crippen LogP contribution in [0.1, 0.15) is 11.1 Å². The van der Waals surface area contributed by atoms with Crippen molar-refractivity contribution in [1.29, 1.82) is 0 Å². The normalized spacial score (nSPS) is 14.8. The Morgan fingerprint density at radius 2 is 1.73 bits per heavy atom. The Hall–Kier alpha value is -3.15. The topological polar surface area (TPSA) is 58.6 Å². The van der Waals surface area contributed by atoms with E-state index < -0.39 is 17.6 Å². The van der Waals surface area contributed by atoms with Crippen LogP contribution in [0.4, 0.5) is 10.1 Å². The summed E-state index contributed by atoms with van der Waals surface area (Å²) < 4.78 is 21.9. The largest absolute Gasteiger partial charge is 0.487 e. The lowest BCUT2D eigenvalue weighted by atomic mass is 10.1. The van der Waals surface area contributed by atoms with E-state index in [9.17, 15) is 14.0 Å². The van der Waals surface area contributed by atoms with Crippen LogP contribution in [0.5, 0.6) is 5.75 Å². The summed E-state index contributed by atoms with van der Waals surface area (Å²) in [6.07, 6.45) is 1.45. The predicted molar refractivity (Wildman–Crippen MR) is 158 cm³/mol. The van der Waals surface area contributed by atoms with Gasteiger partial charge in [-0.05, 0) is 109 Å². The highest BCUT2D eigenvalue weighted by molar-refractivity contribution is 14.1. The molecule has 0 saturated carbocycles. The van der Waals surface area contributed by atoms with E-state index in [-0.39, 0.29) is 16.4 Å². The van der Waals surface area contributed by atoms with Gasteiger partial charge in [-0.25, -0.2) is 9.29 Å². The van der Waals surface area contributed by atoms with Crippen molar-refractivity contribution in [2.75, 3.05) is 4.90 Å². The molecule has 0 unspecified atom stereocenters. The summed E-state index contributed by atoms with van der Waals surface area (Å²) in [6, 6.07) is 23.6. The van der Waals surface area contributed by atoms with Crippen molar-refractivity contribution in [1.82, 2.24) is 5.32 Å². The molecule has 184 valence electrons. The van der Waals surface area contributed by atoms with Gasteiger partial charge in [-0.2, -0.15) is 0 Å². The summed E-state index contributed by atoms with van der Waals surface area (Å²) in [4.78, 5) is 26.8. The number of benzene rings is 4. The third-order valence-electron chi connectivity index (χ3n) is 5.72. The number of thiocarbonyl (C=S) groups is 1. The number of halogens is 3. The van der Waals surface area contributed by atoms with E-state index >= 15 is 0 Å². The van der Waals surface area contributed by atoms with Crippen molar-refractivity contribution in [3.63, 3.8) is 0 Å². The zero-order valence-electron chi connectivity index (χ0n) is 19.0. The second-order valence-electron chi connectivity index (χ2n) is 8.19. The Bertz CT molecular complexity index is 1600. The zero-order chi connectivity index (χ0) is 26.1. The lowest BCUT2D eigenvalue weighted by molar-refractivity contribution is -0.122. The molecule has 1 N–H and O–H groups in total. The summed E-state index contributed by atoms with van der Waals surface area (Å²) in [6.45, 7) is 0.371. The number of hydrogen-bond acceptors (Lipinski definition) is 4. The van der Waals surface area contributed by atoms with Crippen molar-refractivity contribution in [2.24, 2.45) is 0 Å². The second kappa shape index (κ2) is 10.7. The number of anilines is 1. The van der Waals surface area contributed by atoms with Gasteiger partial charge < -0.3 is 4.74 Å². The Balaban J connectivity index is 1.40. The molecular weight excluding hydrogens is 670 g/mol. The van der Waals surface area contributed by atoms with Crippen LogP contribution in [0, 0.1) is 9.39 Å². The number of para-hydroxylation sites is 1. The first kappa shape index (κ1) is 25.5. The van der Waals surface area contributed by atoms with Gasteiger partial charge in [0.2, 0.25) is 0 Å². The van der Waals surface area contributed by atoms with E-state index in [4.69, 9.17) is 17.0 Å². The number of rotatable bonds is 5. The Morgan fingerprint density at radius 3 is 2.49 bits per heavy atom. The molecule has 0 bridgehead atoms. The molecule has 0 aliphatic carbocycles. The highest BCUT2D eigenvalue weighted by Gasteiger charge is 2.35. The van der Waals surface area contributed by atoms with Gasteiger partial charge >= 0.3 is 0 Å². The molecule has 1 aliphatic heterocycles. The van der Waals surface area contributed by atoms with E-state index in [1.807, 2.05) is 18.2 Å². The smallest absolute Gasteiger partial charge is 0.270 e. The van der Waals surface area contributed by atoms with Crippen LogP contribution in [-0.4, -0.2) is 16.9 Å². The quantitative estimate of drug-likeness (QED) is 0.109. The first-order valence-corrected chi connectivity index (χ1v) is 13.4. The number of ether oxygens (including phenoxy) is 1. The van der Waals surface area contributed by atoms with E-state index in [2.05, 4.69) is 68.1 Å². The molecule has 5 nitrogen and oxygen atoms in total. The highest BCUT2D eigenvalue weighted by atomic mass is 127. The molecule has 1 saturated heterocycles. The first-order valence-electron chi connectivity index (χ1n) is 11.1. The number of amides is 2. The fraction of sp³-hybridized carbons (Fsp3) is 0.0357. The van der Waals surface area contributed by atoms with Crippen molar-refractivity contribution >= 4 is 90.2 Å². The van der Waals surface area contributed by atoms with E-state index in [1.165, 1.54) is 24.3 Å². The number of nitrogens with one attached hydrogen (secondary N) is 1. The van der Waals surface area contributed by atoms with Crippen LogP contribution in [0.3, 0.4) is 0 Å². The standard InChI is InChI=1S/C28H17BrFIN2O3S/c29-21-13-17(12-20-26(34)32-28(37)33(27(20)35)24-8-4-3-7-22(24)30)14-23(31)25(21)36-15-16-9-10-18-5-1-2-6-19(18)11-16/h1-14H,15H2,(H,32,34,37)/b20-12+. The maximum absolute atomic E-state index is 14.4. The lowest BCUT2D eigenvalue weighted by Gasteiger charge is -2.29. The molecule has 4 aromatic rings. The molecule has 9 heteroatoms. The summed E-state index contributed by atoms with van der Waals surface area (Å²) in [7, 11) is 0. The van der Waals surface area contributed by atoms with Crippen molar-refractivity contribution in [3.8, 4) is 5.75 Å². The minimum absolute atomic E-state index is 0.0309. The van der Waals surface area contributed by atoms with Crippen LogP contribution >= 0.6 is 50.7 Å². The van der Waals surface area contributed by atoms with Crippen LogP contribution in [0.25, 0.3) is 16.8 Å². The summed E-state index contributed by atoms with van der Waals surface area (Å²) in [5.41, 5.74) is 1.43. The molecule has 1 fully saturated rings. The molecule has 1 aliphatic rings. The molecular formula is C28H17BrFIN2O3S. The van der Waals surface area contributed by atoms with Crippen LogP contribution in [-0.2, 0) is 16.2 Å². The Morgan fingerprint density at radius 1 is 1.00 bits per heavy atom. The molecule has 0 atom stereocenters. The van der Waals surface area contributed by atoms with Gasteiger partial charge in [0.1, 0.15) is 23.7 Å². The number of carbonyl (C=O) groups excluding carboxylic acids is 2. The lowest BCUT2D eigenvalue weighted by Crippen LogP contribution is -2.54. The first-order chi connectivity index (χ1) is 17.8. The molecule has 37 heavy (non-hydrogen) atoms. The van der Waals surface area contributed by atoms with Gasteiger partial charge in [0.05, 0.1) is 13.7 Å². The van der Waals surface area contributed by atoms with Gasteiger partial charge in [-0.1, -0.05) is 48.5 Å². The SMILES string of the molecule is O=C1NC(=S)N(c2ccccc2F)C(=O)/C1=C/c1cc(Br)c(OCc2ccc3ccccc3c2)c(I)c1.